The monoisotopic (exact) mass is 343 g/mol. The Morgan fingerprint density at radius 2 is 2.05 bits per heavy atom. The van der Waals surface area contributed by atoms with E-state index in [4.69, 9.17) is 0 Å². The largest absolute Gasteiger partial charge is 0.337 e. The van der Waals surface area contributed by atoms with Crippen LogP contribution in [0.4, 0.5) is 4.39 Å². The maximum atomic E-state index is 13.9. The van der Waals surface area contributed by atoms with Gasteiger partial charge in [0, 0.05) is 29.4 Å². The van der Waals surface area contributed by atoms with Crippen molar-refractivity contribution >= 4 is 37.2 Å². The molecule has 0 saturated carbocycles. The molecule has 1 unspecified atom stereocenters. The lowest BCUT2D eigenvalue weighted by molar-refractivity contribution is 0.0761. The lowest BCUT2D eigenvalue weighted by Crippen LogP contribution is -2.39. The number of thiophene rings is 1. The van der Waals surface area contributed by atoms with E-state index < -0.39 is 15.9 Å². The van der Waals surface area contributed by atoms with E-state index >= 15 is 0 Å². The number of fused-ring (bicyclic) bond motifs is 1. The lowest BCUT2D eigenvalue weighted by Gasteiger charge is -2.24. The zero-order valence-electron chi connectivity index (χ0n) is 12.9. The number of rotatable bonds is 4. The molecule has 0 saturated heterocycles. The third kappa shape index (κ3) is 3.30. The van der Waals surface area contributed by atoms with Gasteiger partial charge in [0.15, 0.2) is 0 Å². The molecule has 1 aromatic carbocycles. The molecular weight excluding hydrogens is 325 g/mol. The maximum absolute atomic E-state index is 13.9. The van der Waals surface area contributed by atoms with Crippen molar-refractivity contribution < 1.29 is 17.6 Å². The molecule has 0 aliphatic heterocycles. The van der Waals surface area contributed by atoms with Gasteiger partial charge in [-0.1, -0.05) is 6.07 Å². The molecule has 2 aromatic rings. The molecule has 0 bridgehead atoms. The molecule has 0 aliphatic carbocycles. The summed E-state index contributed by atoms with van der Waals surface area (Å²) in [5.74, 6) is -0.737. The van der Waals surface area contributed by atoms with Crippen molar-refractivity contribution in [3.63, 3.8) is 0 Å². The van der Waals surface area contributed by atoms with Gasteiger partial charge in [0.25, 0.3) is 5.91 Å². The van der Waals surface area contributed by atoms with Crippen LogP contribution in [0.1, 0.15) is 22.2 Å². The van der Waals surface area contributed by atoms with Gasteiger partial charge in [0.05, 0.1) is 10.6 Å². The number of carbonyl (C=O) groups excluding carboxylic acids is 1. The van der Waals surface area contributed by atoms with Gasteiger partial charge in [-0.25, -0.2) is 12.8 Å². The van der Waals surface area contributed by atoms with Crippen LogP contribution in [0.5, 0.6) is 0 Å². The highest BCUT2D eigenvalue weighted by Crippen LogP contribution is 2.33. The molecule has 2 rings (SSSR count). The average molecular weight is 343 g/mol. The standard InChI is InChI=1S/C15H18FNO3S2/c1-9(8-22(4,19)20)17(3)15(18)14-10(2)13-11(16)6-5-7-12(13)21-14/h5-7,9H,8H2,1-4H3. The van der Waals surface area contributed by atoms with E-state index in [-0.39, 0.29) is 17.5 Å². The van der Waals surface area contributed by atoms with Crippen LogP contribution >= 0.6 is 11.3 Å². The normalized spacial score (nSPS) is 13.3. The predicted molar refractivity (Wildman–Crippen MR) is 87.8 cm³/mol. The van der Waals surface area contributed by atoms with E-state index in [0.717, 1.165) is 6.26 Å². The predicted octanol–water partition coefficient (Wildman–Crippen LogP) is 2.85. The van der Waals surface area contributed by atoms with E-state index in [2.05, 4.69) is 0 Å². The number of nitrogens with zero attached hydrogens (tertiary/aromatic N) is 1. The highest BCUT2D eigenvalue weighted by Gasteiger charge is 2.25. The minimum atomic E-state index is -3.18. The van der Waals surface area contributed by atoms with Crippen molar-refractivity contribution in [1.82, 2.24) is 4.90 Å². The van der Waals surface area contributed by atoms with Crippen LogP contribution in [0.25, 0.3) is 10.1 Å². The van der Waals surface area contributed by atoms with Crippen LogP contribution in [-0.2, 0) is 9.84 Å². The highest BCUT2D eigenvalue weighted by atomic mass is 32.2. The minimum absolute atomic E-state index is 0.104. The van der Waals surface area contributed by atoms with E-state index in [9.17, 15) is 17.6 Å². The Morgan fingerprint density at radius 1 is 1.41 bits per heavy atom. The molecule has 0 fully saturated rings. The Kier molecular flexibility index (Phi) is 4.58. The lowest BCUT2D eigenvalue weighted by atomic mass is 10.1. The van der Waals surface area contributed by atoms with Gasteiger partial charge in [-0.2, -0.15) is 0 Å². The number of hydrogen-bond donors (Lipinski definition) is 0. The van der Waals surface area contributed by atoms with Crippen LogP contribution in [-0.4, -0.2) is 44.3 Å². The van der Waals surface area contributed by atoms with Crippen molar-refractivity contribution in [1.29, 1.82) is 0 Å². The van der Waals surface area contributed by atoms with E-state index in [1.165, 1.54) is 22.3 Å². The first-order valence-corrected chi connectivity index (χ1v) is 9.62. The number of amides is 1. The Balaban J connectivity index is 2.37. The summed E-state index contributed by atoms with van der Waals surface area (Å²) in [6, 6.07) is 4.30. The minimum Gasteiger partial charge on any atom is -0.337 e. The van der Waals surface area contributed by atoms with Gasteiger partial charge in [0.1, 0.15) is 15.7 Å². The fraction of sp³-hybridized carbons (Fsp3) is 0.400. The number of sulfone groups is 1. The van der Waals surface area contributed by atoms with Crippen molar-refractivity contribution in [3.05, 3.63) is 34.5 Å². The van der Waals surface area contributed by atoms with Crippen LogP contribution in [0.3, 0.4) is 0 Å². The molecule has 0 spiro atoms. The van der Waals surface area contributed by atoms with Gasteiger partial charge in [-0.05, 0) is 31.5 Å². The fourth-order valence-electron chi connectivity index (χ4n) is 2.37. The Morgan fingerprint density at radius 3 is 2.59 bits per heavy atom. The van der Waals surface area contributed by atoms with Crippen LogP contribution < -0.4 is 0 Å². The number of aryl methyl sites for hydroxylation is 1. The van der Waals surface area contributed by atoms with Gasteiger partial charge in [-0.15, -0.1) is 11.3 Å². The first-order chi connectivity index (χ1) is 10.1. The Labute approximate surface area is 133 Å². The van der Waals surface area contributed by atoms with Crippen LogP contribution in [0.15, 0.2) is 18.2 Å². The topological polar surface area (TPSA) is 54.5 Å². The SMILES string of the molecule is Cc1c(C(=O)N(C)C(C)CS(C)(=O)=O)sc2cccc(F)c12. The third-order valence-electron chi connectivity index (χ3n) is 3.62. The van der Waals surface area contributed by atoms with Crippen LogP contribution in [0, 0.1) is 12.7 Å². The summed E-state index contributed by atoms with van der Waals surface area (Å²) in [6.45, 7) is 3.40. The summed E-state index contributed by atoms with van der Waals surface area (Å²) in [6.07, 6.45) is 1.14. The van der Waals surface area contributed by atoms with Crippen molar-refractivity contribution in [3.8, 4) is 0 Å². The van der Waals surface area contributed by atoms with E-state index in [1.54, 1.807) is 33.0 Å². The maximum Gasteiger partial charge on any atom is 0.264 e. The number of halogens is 1. The van der Waals surface area contributed by atoms with Crippen molar-refractivity contribution in [2.45, 2.75) is 19.9 Å². The fourth-order valence-corrected chi connectivity index (χ4v) is 4.67. The van der Waals surface area contributed by atoms with E-state index in [1.807, 2.05) is 0 Å². The molecule has 0 N–H and O–H groups in total. The molecule has 1 heterocycles. The third-order valence-corrected chi connectivity index (χ3v) is 5.96. The average Bonchev–Trinajstić information content (AvgIpc) is 2.74. The smallest absolute Gasteiger partial charge is 0.264 e. The summed E-state index contributed by atoms with van der Waals surface area (Å²) in [5, 5.41) is 0.458. The zero-order valence-corrected chi connectivity index (χ0v) is 14.5. The second-order valence-corrected chi connectivity index (χ2v) is 8.76. The molecule has 0 radical (unpaired) electrons. The van der Waals surface area contributed by atoms with Crippen molar-refractivity contribution in [2.75, 3.05) is 19.1 Å². The molecule has 1 aromatic heterocycles. The first-order valence-electron chi connectivity index (χ1n) is 6.74. The second-order valence-electron chi connectivity index (χ2n) is 5.53. The van der Waals surface area contributed by atoms with Gasteiger partial charge >= 0.3 is 0 Å². The molecule has 120 valence electrons. The quantitative estimate of drug-likeness (QED) is 0.858. The number of hydrogen-bond acceptors (Lipinski definition) is 4. The summed E-state index contributed by atoms with van der Waals surface area (Å²) in [5.41, 5.74) is 0.599. The number of benzene rings is 1. The Bertz CT molecular complexity index is 827. The number of carbonyl (C=O) groups is 1. The molecule has 1 atom stereocenters. The Hall–Kier alpha value is -1.47. The second kappa shape index (κ2) is 5.96. The van der Waals surface area contributed by atoms with Crippen molar-refractivity contribution in [2.24, 2.45) is 0 Å². The zero-order chi connectivity index (χ0) is 16.7. The molecule has 7 heteroatoms. The summed E-state index contributed by atoms with van der Waals surface area (Å²) in [4.78, 5) is 14.4. The molecule has 4 nitrogen and oxygen atoms in total. The first kappa shape index (κ1) is 16.9. The van der Waals surface area contributed by atoms with Gasteiger partial charge in [-0.3, -0.25) is 4.79 Å². The van der Waals surface area contributed by atoms with Gasteiger partial charge in [0.2, 0.25) is 0 Å². The summed E-state index contributed by atoms with van der Waals surface area (Å²) in [7, 11) is -1.61. The van der Waals surface area contributed by atoms with Gasteiger partial charge < -0.3 is 4.90 Å². The van der Waals surface area contributed by atoms with Crippen LogP contribution in [0.2, 0.25) is 0 Å². The molecule has 1 amide bonds. The molecule has 0 aliphatic rings. The molecule has 22 heavy (non-hydrogen) atoms. The summed E-state index contributed by atoms with van der Waals surface area (Å²) < 4.78 is 37.4. The van der Waals surface area contributed by atoms with E-state index in [0.29, 0.717) is 20.5 Å². The summed E-state index contributed by atoms with van der Waals surface area (Å²) >= 11 is 1.23. The molecular formula is C15H18FNO3S2. The highest BCUT2D eigenvalue weighted by molar-refractivity contribution is 7.90.